The minimum atomic E-state index is -1.14. The maximum atomic E-state index is 13.0. The minimum absolute atomic E-state index is 0.151. The van der Waals surface area contributed by atoms with E-state index in [0.717, 1.165) is 29.7 Å². The average Bonchev–Trinajstić information content (AvgIpc) is 3.19. The van der Waals surface area contributed by atoms with Crippen LogP contribution in [0.1, 0.15) is 50.3 Å². The Morgan fingerprint density at radius 3 is 2.79 bits per heavy atom. The van der Waals surface area contributed by atoms with Crippen molar-refractivity contribution in [1.82, 2.24) is 15.5 Å². The summed E-state index contributed by atoms with van der Waals surface area (Å²) in [5.74, 6) is -0.750. The van der Waals surface area contributed by atoms with Gasteiger partial charge in [-0.2, -0.15) is 0 Å². The molecule has 0 aromatic heterocycles. The third-order valence-electron chi connectivity index (χ3n) is 5.35. The molecule has 1 atom stereocenters. The minimum Gasteiger partial charge on any atom is -0.379 e. The highest BCUT2D eigenvalue weighted by molar-refractivity contribution is 6.09. The number of nitrogens with one attached hydrogen (secondary N) is 2. The molecule has 1 fully saturated rings. The fourth-order valence-corrected chi connectivity index (χ4v) is 3.74. The van der Waals surface area contributed by atoms with Crippen molar-refractivity contribution in [2.45, 2.75) is 58.1 Å². The molecule has 1 saturated heterocycles. The molecule has 0 saturated carbocycles. The number of hydrogen-bond donors (Lipinski definition) is 2. The lowest BCUT2D eigenvalue weighted by Crippen LogP contribution is -2.43. The number of carbonyl (C=O) groups is 3. The molecule has 7 nitrogen and oxygen atoms in total. The van der Waals surface area contributed by atoms with Gasteiger partial charge in [-0.1, -0.05) is 18.2 Å². The van der Waals surface area contributed by atoms with E-state index in [1.165, 1.54) is 11.1 Å². The molecule has 1 aromatic rings. The fourth-order valence-electron chi connectivity index (χ4n) is 3.74. The number of imide groups is 1. The van der Waals surface area contributed by atoms with E-state index in [4.69, 9.17) is 4.74 Å². The van der Waals surface area contributed by atoms with Crippen molar-refractivity contribution in [3.8, 4) is 0 Å². The van der Waals surface area contributed by atoms with E-state index in [1.54, 1.807) is 6.92 Å². The van der Waals surface area contributed by atoms with E-state index in [-0.39, 0.29) is 18.6 Å². The summed E-state index contributed by atoms with van der Waals surface area (Å²) < 4.78 is 5.42. The molecule has 7 heteroatoms. The number of aryl methyl sites for hydroxylation is 2. The summed E-state index contributed by atoms with van der Waals surface area (Å²) in [7, 11) is 0. The molecule has 1 heterocycles. The molecular weight excluding hydrogens is 358 g/mol. The van der Waals surface area contributed by atoms with Crippen LogP contribution in [0.15, 0.2) is 18.2 Å². The van der Waals surface area contributed by atoms with Crippen LogP contribution in [0.2, 0.25) is 0 Å². The highest BCUT2D eigenvalue weighted by atomic mass is 16.5. The van der Waals surface area contributed by atoms with Gasteiger partial charge >= 0.3 is 6.03 Å². The number of amides is 4. The van der Waals surface area contributed by atoms with Gasteiger partial charge in [-0.05, 0) is 63.1 Å². The predicted molar refractivity (Wildman–Crippen MR) is 105 cm³/mol. The molecule has 0 spiro atoms. The number of ether oxygens (including phenoxy) is 1. The summed E-state index contributed by atoms with van der Waals surface area (Å²) in [5.41, 5.74) is 2.17. The average molecular weight is 387 g/mol. The summed E-state index contributed by atoms with van der Waals surface area (Å²) in [6, 6.07) is 5.42. The van der Waals surface area contributed by atoms with Crippen LogP contribution < -0.4 is 10.6 Å². The zero-order chi connectivity index (χ0) is 20.3. The Balaban J connectivity index is 1.59. The second kappa shape index (κ2) is 8.31. The first-order valence-electron chi connectivity index (χ1n) is 9.96. The molecule has 152 valence electrons. The molecule has 0 bridgehead atoms. The van der Waals surface area contributed by atoms with Crippen molar-refractivity contribution < 1.29 is 19.1 Å². The zero-order valence-electron chi connectivity index (χ0n) is 16.8. The summed E-state index contributed by atoms with van der Waals surface area (Å²) in [6.07, 6.45) is 4.00. The van der Waals surface area contributed by atoms with Crippen molar-refractivity contribution in [2.75, 3.05) is 19.7 Å². The van der Waals surface area contributed by atoms with Gasteiger partial charge in [0.2, 0.25) is 5.91 Å². The monoisotopic (exact) mass is 387 g/mol. The number of rotatable bonds is 8. The largest absolute Gasteiger partial charge is 0.379 e. The maximum Gasteiger partial charge on any atom is 0.325 e. The number of benzene rings is 1. The standard InChI is InChI=1S/C21H29N3O4/c1-14(2)28-11-5-10-22-18(25)13-24-19(26)21(3,23-20(24)27)17-9-8-15-6-4-7-16(15)12-17/h8-9,12,14H,4-7,10-11,13H2,1-3H3,(H,22,25)(H,23,27)/t21-/m0/s1. The van der Waals surface area contributed by atoms with Crippen molar-refractivity contribution in [2.24, 2.45) is 0 Å². The van der Waals surface area contributed by atoms with E-state index < -0.39 is 17.5 Å². The second-order valence-corrected chi connectivity index (χ2v) is 7.91. The SMILES string of the molecule is CC(C)OCCCNC(=O)CN1C(=O)N[C@@](C)(c2ccc3c(c2)CCC3)C1=O. The Labute approximate surface area is 165 Å². The first kappa shape index (κ1) is 20.3. The number of hydrogen-bond acceptors (Lipinski definition) is 4. The van der Waals surface area contributed by atoms with Crippen molar-refractivity contribution in [3.05, 3.63) is 34.9 Å². The summed E-state index contributed by atoms with van der Waals surface area (Å²) in [4.78, 5) is 38.5. The van der Waals surface area contributed by atoms with Gasteiger partial charge in [0.05, 0.1) is 6.10 Å². The van der Waals surface area contributed by atoms with Gasteiger partial charge in [-0.3, -0.25) is 14.5 Å². The zero-order valence-corrected chi connectivity index (χ0v) is 16.8. The van der Waals surface area contributed by atoms with Gasteiger partial charge < -0.3 is 15.4 Å². The smallest absolute Gasteiger partial charge is 0.325 e. The Hall–Kier alpha value is -2.41. The van der Waals surface area contributed by atoms with Crippen molar-refractivity contribution >= 4 is 17.8 Å². The Morgan fingerprint density at radius 1 is 1.29 bits per heavy atom. The van der Waals surface area contributed by atoms with Crippen LogP contribution in [0.3, 0.4) is 0 Å². The Kier molecular flexibility index (Phi) is 6.03. The molecule has 0 unspecified atom stereocenters. The summed E-state index contributed by atoms with van der Waals surface area (Å²) >= 11 is 0. The van der Waals surface area contributed by atoms with Crippen LogP contribution in [-0.2, 0) is 32.7 Å². The molecule has 1 aliphatic heterocycles. The Morgan fingerprint density at radius 2 is 2.04 bits per heavy atom. The molecule has 3 rings (SSSR count). The quantitative estimate of drug-likeness (QED) is 0.527. The summed E-state index contributed by atoms with van der Waals surface area (Å²) in [5, 5.41) is 5.50. The first-order valence-corrected chi connectivity index (χ1v) is 9.96. The van der Waals surface area contributed by atoms with E-state index in [1.807, 2.05) is 32.0 Å². The van der Waals surface area contributed by atoms with Crippen LogP contribution in [0.5, 0.6) is 0 Å². The number of fused-ring (bicyclic) bond motifs is 1. The van der Waals surface area contributed by atoms with Gasteiger partial charge in [-0.15, -0.1) is 0 Å². The fraction of sp³-hybridized carbons (Fsp3) is 0.571. The molecular formula is C21H29N3O4. The summed E-state index contributed by atoms with van der Waals surface area (Å²) in [6.45, 7) is 6.32. The van der Waals surface area contributed by atoms with Gasteiger partial charge in [-0.25, -0.2) is 4.79 Å². The number of urea groups is 1. The highest BCUT2D eigenvalue weighted by Crippen LogP contribution is 2.32. The maximum absolute atomic E-state index is 13.0. The van der Waals surface area contributed by atoms with E-state index in [9.17, 15) is 14.4 Å². The molecule has 2 N–H and O–H groups in total. The second-order valence-electron chi connectivity index (χ2n) is 7.91. The van der Waals surface area contributed by atoms with Crippen LogP contribution in [0.25, 0.3) is 0 Å². The lowest BCUT2D eigenvalue weighted by Gasteiger charge is -2.23. The van der Waals surface area contributed by atoms with E-state index >= 15 is 0 Å². The van der Waals surface area contributed by atoms with Crippen LogP contribution in [0, 0.1) is 0 Å². The van der Waals surface area contributed by atoms with Crippen molar-refractivity contribution in [1.29, 1.82) is 0 Å². The van der Waals surface area contributed by atoms with Gasteiger partial charge in [0.25, 0.3) is 5.91 Å². The highest BCUT2D eigenvalue weighted by Gasteiger charge is 2.49. The van der Waals surface area contributed by atoms with Gasteiger partial charge in [0.15, 0.2) is 0 Å². The lowest BCUT2D eigenvalue weighted by atomic mass is 9.89. The third kappa shape index (κ3) is 4.19. The van der Waals surface area contributed by atoms with E-state index in [0.29, 0.717) is 19.6 Å². The topological polar surface area (TPSA) is 87.7 Å². The Bertz CT molecular complexity index is 777. The molecule has 28 heavy (non-hydrogen) atoms. The molecule has 1 aliphatic carbocycles. The van der Waals surface area contributed by atoms with Crippen LogP contribution in [-0.4, -0.2) is 48.5 Å². The lowest BCUT2D eigenvalue weighted by molar-refractivity contribution is -0.134. The number of nitrogens with zero attached hydrogens (tertiary/aromatic N) is 1. The molecule has 2 aliphatic rings. The molecule has 4 amide bonds. The van der Waals surface area contributed by atoms with Gasteiger partial charge in [0.1, 0.15) is 12.1 Å². The number of carbonyl (C=O) groups excluding carboxylic acids is 3. The normalized spacial score (nSPS) is 21.2. The predicted octanol–water partition coefficient (Wildman–Crippen LogP) is 1.87. The molecule has 1 aromatic carbocycles. The first-order chi connectivity index (χ1) is 13.3. The third-order valence-corrected chi connectivity index (χ3v) is 5.35. The van der Waals surface area contributed by atoms with Crippen LogP contribution >= 0.6 is 0 Å². The van der Waals surface area contributed by atoms with Gasteiger partial charge in [0, 0.05) is 13.2 Å². The van der Waals surface area contributed by atoms with E-state index in [2.05, 4.69) is 10.6 Å². The molecule has 0 radical (unpaired) electrons. The van der Waals surface area contributed by atoms with Crippen LogP contribution in [0.4, 0.5) is 4.79 Å². The van der Waals surface area contributed by atoms with Crippen molar-refractivity contribution in [3.63, 3.8) is 0 Å².